The summed E-state index contributed by atoms with van der Waals surface area (Å²) in [5.41, 5.74) is 1.49. The minimum Gasteiger partial charge on any atom is -0.497 e. The van der Waals surface area contributed by atoms with Crippen LogP contribution < -0.4 is 10.1 Å². The number of carbonyl (C=O) groups is 1. The molecule has 6 nitrogen and oxygen atoms in total. The van der Waals surface area contributed by atoms with Gasteiger partial charge in [0.25, 0.3) is 0 Å². The molecule has 0 aliphatic rings. The molecular formula is C21H25N3O3S. The van der Waals surface area contributed by atoms with Crippen molar-refractivity contribution in [1.82, 2.24) is 15.3 Å². The van der Waals surface area contributed by atoms with Crippen molar-refractivity contribution < 1.29 is 13.9 Å². The Bertz CT molecular complexity index is 902. The second-order valence-corrected chi connectivity index (χ2v) is 7.97. The van der Waals surface area contributed by atoms with E-state index in [1.807, 2.05) is 36.6 Å². The Morgan fingerprint density at radius 3 is 2.64 bits per heavy atom. The van der Waals surface area contributed by atoms with Crippen LogP contribution >= 0.6 is 11.3 Å². The number of amides is 1. The lowest BCUT2D eigenvalue weighted by Crippen LogP contribution is -2.31. The molecule has 148 valence electrons. The van der Waals surface area contributed by atoms with Crippen molar-refractivity contribution in [1.29, 1.82) is 0 Å². The fourth-order valence-electron chi connectivity index (χ4n) is 2.95. The second-order valence-electron chi connectivity index (χ2n) is 7.05. The highest BCUT2D eigenvalue weighted by Gasteiger charge is 2.21. The molecule has 7 heteroatoms. The molecule has 1 amide bonds. The van der Waals surface area contributed by atoms with E-state index < -0.39 is 0 Å². The third-order valence-electron chi connectivity index (χ3n) is 4.35. The molecule has 3 rings (SSSR count). The maximum Gasteiger partial charge on any atom is 0.226 e. The normalized spacial score (nSPS) is 12.2. The van der Waals surface area contributed by atoms with E-state index in [1.54, 1.807) is 24.6 Å². The average Bonchev–Trinajstić information content (AvgIpc) is 3.31. The molecule has 0 fully saturated rings. The zero-order valence-electron chi connectivity index (χ0n) is 16.6. The lowest BCUT2D eigenvalue weighted by atomic mass is 10.0. The quantitative estimate of drug-likeness (QED) is 0.601. The molecule has 1 unspecified atom stereocenters. The van der Waals surface area contributed by atoms with E-state index in [4.69, 9.17) is 9.15 Å². The SMILES string of the molecule is COc1ccc(-c2nc(CC(=O)NC(CC(C)C)c3nccs3)c(C)o2)cc1. The van der Waals surface area contributed by atoms with Crippen LogP contribution in [0.5, 0.6) is 5.75 Å². The Kier molecular flexibility index (Phi) is 6.46. The van der Waals surface area contributed by atoms with Crippen molar-refractivity contribution in [2.75, 3.05) is 7.11 Å². The third kappa shape index (κ3) is 4.98. The third-order valence-corrected chi connectivity index (χ3v) is 5.24. The zero-order chi connectivity index (χ0) is 20.1. The number of nitrogens with zero attached hydrogens (tertiary/aromatic N) is 2. The van der Waals surface area contributed by atoms with Gasteiger partial charge in [-0.25, -0.2) is 9.97 Å². The van der Waals surface area contributed by atoms with Crippen LogP contribution in [0.15, 0.2) is 40.3 Å². The van der Waals surface area contributed by atoms with Gasteiger partial charge in [-0.05, 0) is 43.5 Å². The van der Waals surface area contributed by atoms with E-state index in [0.717, 1.165) is 22.7 Å². The Hall–Kier alpha value is -2.67. The number of aryl methyl sites for hydroxylation is 1. The summed E-state index contributed by atoms with van der Waals surface area (Å²) in [5.74, 6) is 2.28. The van der Waals surface area contributed by atoms with E-state index in [2.05, 4.69) is 29.1 Å². The molecule has 0 radical (unpaired) electrons. The van der Waals surface area contributed by atoms with Gasteiger partial charge in [0.1, 0.15) is 16.5 Å². The molecule has 2 heterocycles. The summed E-state index contributed by atoms with van der Waals surface area (Å²) in [6.45, 7) is 6.10. The highest BCUT2D eigenvalue weighted by atomic mass is 32.1. The predicted octanol–water partition coefficient (Wildman–Crippen LogP) is 4.56. The number of hydrogen-bond acceptors (Lipinski definition) is 6. The van der Waals surface area contributed by atoms with Crippen LogP contribution in [-0.4, -0.2) is 23.0 Å². The molecule has 3 aromatic rings. The summed E-state index contributed by atoms with van der Waals surface area (Å²) < 4.78 is 10.9. The first-order valence-electron chi connectivity index (χ1n) is 9.25. The van der Waals surface area contributed by atoms with E-state index in [9.17, 15) is 4.79 Å². The first-order chi connectivity index (χ1) is 13.5. The van der Waals surface area contributed by atoms with Gasteiger partial charge in [-0.1, -0.05) is 13.8 Å². The van der Waals surface area contributed by atoms with Crippen LogP contribution in [0.2, 0.25) is 0 Å². The van der Waals surface area contributed by atoms with Gasteiger partial charge in [0.15, 0.2) is 0 Å². The summed E-state index contributed by atoms with van der Waals surface area (Å²) >= 11 is 1.56. The Morgan fingerprint density at radius 2 is 2.04 bits per heavy atom. The van der Waals surface area contributed by atoms with Gasteiger partial charge in [-0.2, -0.15) is 0 Å². The van der Waals surface area contributed by atoms with Crippen molar-refractivity contribution in [3.63, 3.8) is 0 Å². The fourth-order valence-corrected chi connectivity index (χ4v) is 3.65. The number of carbonyl (C=O) groups excluding carboxylic acids is 1. The van der Waals surface area contributed by atoms with Crippen molar-refractivity contribution in [2.24, 2.45) is 5.92 Å². The maximum atomic E-state index is 12.6. The fraction of sp³-hybridized carbons (Fsp3) is 0.381. The number of hydrogen-bond donors (Lipinski definition) is 1. The monoisotopic (exact) mass is 399 g/mol. The zero-order valence-corrected chi connectivity index (χ0v) is 17.4. The first kappa shape index (κ1) is 20.1. The molecule has 1 atom stereocenters. The van der Waals surface area contributed by atoms with Crippen LogP contribution in [0.4, 0.5) is 0 Å². The van der Waals surface area contributed by atoms with Crippen molar-refractivity contribution in [2.45, 2.75) is 39.7 Å². The van der Waals surface area contributed by atoms with E-state index in [-0.39, 0.29) is 18.4 Å². The van der Waals surface area contributed by atoms with Crippen molar-refractivity contribution in [3.8, 4) is 17.2 Å². The standard InChI is InChI=1S/C21H25N3O3S/c1-13(2)11-18(21-22-9-10-28-21)23-19(25)12-17-14(3)27-20(24-17)15-5-7-16(26-4)8-6-15/h5-10,13,18H,11-12H2,1-4H3,(H,23,25). The van der Waals surface area contributed by atoms with Crippen molar-refractivity contribution >= 4 is 17.2 Å². The van der Waals surface area contributed by atoms with Crippen LogP contribution in [0, 0.1) is 12.8 Å². The smallest absolute Gasteiger partial charge is 0.226 e. The lowest BCUT2D eigenvalue weighted by Gasteiger charge is -2.18. The van der Waals surface area contributed by atoms with E-state index >= 15 is 0 Å². The molecule has 0 aliphatic carbocycles. The molecule has 0 saturated heterocycles. The molecule has 2 aromatic heterocycles. The molecule has 0 bridgehead atoms. The Morgan fingerprint density at radius 1 is 1.29 bits per heavy atom. The topological polar surface area (TPSA) is 77.2 Å². The number of benzene rings is 1. The minimum atomic E-state index is -0.0847. The minimum absolute atomic E-state index is 0.0826. The summed E-state index contributed by atoms with van der Waals surface area (Å²) in [6.07, 6.45) is 2.78. The number of nitrogens with one attached hydrogen (secondary N) is 1. The van der Waals surface area contributed by atoms with E-state index in [1.165, 1.54) is 0 Å². The van der Waals surface area contributed by atoms with Gasteiger partial charge in [-0.3, -0.25) is 4.79 Å². The predicted molar refractivity (Wildman–Crippen MR) is 109 cm³/mol. The molecule has 0 aliphatic heterocycles. The molecule has 0 saturated carbocycles. The first-order valence-corrected chi connectivity index (χ1v) is 10.1. The van der Waals surface area contributed by atoms with Crippen LogP contribution in [0.1, 0.15) is 42.8 Å². The van der Waals surface area contributed by atoms with E-state index in [0.29, 0.717) is 23.3 Å². The van der Waals surface area contributed by atoms with Crippen molar-refractivity contribution in [3.05, 3.63) is 52.3 Å². The van der Waals surface area contributed by atoms with Gasteiger partial charge >= 0.3 is 0 Å². The second kappa shape index (κ2) is 9.01. The van der Waals surface area contributed by atoms with Crippen LogP contribution in [0.25, 0.3) is 11.5 Å². The van der Waals surface area contributed by atoms with Crippen LogP contribution in [-0.2, 0) is 11.2 Å². The number of ether oxygens (including phenoxy) is 1. The summed E-state index contributed by atoms with van der Waals surface area (Å²) in [5, 5.41) is 5.96. The summed E-state index contributed by atoms with van der Waals surface area (Å²) in [4.78, 5) is 21.5. The van der Waals surface area contributed by atoms with Gasteiger partial charge < -0.3 is 14.5 Å². The molecule has 0 spiro atoms. The molecule has 1 N–H and O–H groups in total. The maximum absolute atomic E-state index is 12.6. The average molecular weight is 400 g/mol. The number of aromatic nitrogens is 2. The Labute approximate surface area is 169 Å². The lowest BCUT2D eigenvalue weighted by molar-refractivity contribution is -0.121. The number of methoxy groups -OCH3 is 1. The highest BCUT2D eigenvalue weighted by Crippen LogP contribution is 2.25. The highest BCUT2D eigenvalue weighted by molar-refractivity contribution is 7.09. The molecule has 28 heavy (non-hydrogen) atoms. The largest absolute Gasteiger partial charge is 0.497 e. The molecular weight excluding hydrogens is 374 g/mol. The number of thiazole rings is 1. The number of oxazole rings is 1. The number of rotatable bonds is 8. The van der Waals surface area contributed by atoms with Gasteiger partial charge in [0.2, 0.25) is 11.8 Å². The van der Waals surface area contributed by atoms with Crippen LogP contribution in [0.3, 0.4) is 0 Å². The summed E-state index contributed by atoms with van der Waals surface area (Å²) in [6, 6.07) is 7.39. The Balaban J connectivity index is 1.70. The van der Waals surface area contributed by atoms with Gasteiger partial charge in [0.05, 0.1) is 25.3 Å². The summed E-state index contributed by atoms with van der Waals surface area (Å²) in [7, 11) is 1.62. The van der Waals surface area contributed by atoms with Gasteiger partial charge in [-0.15, -0.1) is 11.3 Å². The van der Waals surface area contributed by atoms with Gasteiger partial charge in [0, 0.05) is 17.1 Å². The molecule has 1 aromatic carbocycles.